The molecule has 0 radical (unpaired) electrons. The lowest BCUT2D eigenvalue weighted by Gasteiger charge is -2.28. The number of ether oxygens (including phenoxy) is 4. The summed E-state index contributed by atoms with van der Waals surface area (Å²) in [5.74, 6) is 3.59. The third kappa shape index (κ3) is 7.72. The van der Waals surface area contributed by atoms with Gasteiger partial charge in [0.1, 0.15) is 9.66 Å². The summed E-state index contributed by atoms with van der Waals surface area (Å²) in [6.45, 7) is 7.73. The first-order chi connectivity index (χ1) is 27.6. The highest BCUT2D eigenvalue weighted by atomic mass is 35.5. The van der Waals surface area contributed by atoms with Crippen LogP contribution in [0.2, 0.25) is 15.7 Å². The number of nitrogens with zero attached hydrogens (tertiary/aromatic N) is 7. The Balaban J connectivity index is 0.000000176. The molecule has 12 nitrogen and oxygen atoms in total. The fourth-order valence-corrected chi connectivity index (χ4v) is 9.86. The maximum Gasteiger partial charge on any atom is 0.224 e. The van der Waals surface area contributed by atoms with Crippen LogP contribution < -0.4 is 29.2 Å². The summed E-state index contributed by atoms with van der Waals surface area (Å²) in [6, 6.07) is 15.6. The number of fused-ring (bicyclic) bond motifs is 6. The van der Waals surface area contributed by atoms with Crippen molar-refractivity contribution >= 4 is 104 Å². The van der Waals surface area contributed by atoms with Gasteiger partial charge in [0.15, 0.2) is 34.0 Å². The molecule has 0 unspecified atom stereocenters. The van der Waals surface area contributed by atoms with Crippen molar-refractivity contribution in [2.75, 3.05) is 59.5 Å². The first-order valence-corrected chi connectivity index (χ1v) is 20.5. The second-order valence-electron chi connectivity index (χ2n) is 13.0. The predicted octanol–water partition coefficient (Wildman–Crippen LogP) is 10.5. The first-order valence-electron chi connectivity index (χ1n) is 17.7. The number of piperazine rings is 1. The number of halogens is 3. The van der Waals surface area contributed by atoms with Gasteiger partial charge in [-0.3, -0.25) is 0 Å². The summed E-state index contributed by atoms with van der Waals surface area (Å²) < 4.78 is 23.3. The Morgan fingerprint density at radius 2 is 1.05 bits per heavy atom. The van der Waals surface area contributed by atoms with Crippen LogP contribution >= 0.6 is 57.5 Å². The van der Waals surface area contributed by atoms with E-state index in [-0.39, 0.29) is 18.0 Å². The number of aromatic nitrogens is 6. The normalized spacial score (nSPS) is 12.7. The average molecular weight is 878 g/mol. The van der Waals surface area contributed by atoms with Gasteiger partial charge in [0.05, 0.1) is 60.3 Å². The molecule has 2 aromatic carbocycles. The van der Waals surface area contributed by atoms with Crippen LogP contribution in [0.3, 0.4) is 0 Å². The van der Waals surface area contributed by atoms with Crippen LogP contribution in [-0.2, 0) is 0 Å². The Kier molecular flexibility index (Phi) is 12.2. The van der Waals surface area contributed by atoms with Crippen molar-refractivity contribution in [1.29, 1.82) is 0 Å². The number of benzene rings is 2. The molecule has 8 aromatic rings. The van der Waals surface area contributed by atoms with E-state index in [1.165, 1.54) is 11.3 Å². The molecule has 58 heavy (non-hydrogen) atoms. The minimum atomic E-state index is 0. The summed E-state index contributed by atoms with van der Waals surface area (Å²) >= 11 is 21.6. The lowest BCUT2D eigenvalue weighted by atomic mass is 10.1. The summed E-state index contributed by atoms with van der Waals surface area (Å²) in [5, 5.41) is 6.10. The Morgan fingerprint density at radius 3 is 1.55 bits per heavy atom. The Bertz CT molecular complexity index is 2830. The van der Waals surface area contributed by atoms with Gasteiger partial charge in [0.2, 0.25) is 10.6 Å². The Morgan fingerprint density at radius 1 is 0.586 bits per heavy atom. The molecular formula is C41H39Cl3N8O4S2. The van der Waals surface area contributed by atoms with E-state index in [0.717, 1.165) is 107 Å². The molecular weight excluding hydrogens is 839 g/mol. The van der Waals surface area contributed by atoms with Gasteiger partial charge in [0, 0.05) is 48.1 Å². The van der Waals surface area contributed by atoms with Crippen molar-refractivity contribution in [3.05, 3.63) is 75.4 Å². The molecule has 0 amide bonds. The van der Waals surface area contributed by atoms with Crippen LogP contribution in [0.1, 0.15) is 18.6 Å². The zero-order chi connectivity index (χ0) is 40.0. The number of anilines is 1. The molecule has 7 heterocycles. The van der Waals surface area contributed by atoms with Crippen LogP contribution in [0.25, 0.3) is 63.4 Å². The van der Waals surface area contributed by atoms with Gasteiger partial charge in [-0.05, 0) is 96.7 Å². The largest absolute Gasteiger partial charge is 0.493 e. The maximum absolute atomic E-state index is 6.34. The molecule has 6 aromatic heterocycles. The second-order valence-corrected chi connectivity index (χ2v) is 16.1. The predicted molar refractivity (Wildman–Crippen MR) is 239 cm³/mol. The molecule has 1 aliphatic rings. The average Bonchev–Trinajstić information content (AvgIpc) is 3.79. The van der Waals surface area contributed by atoms with Gasteiger partial charge in [-0.15, -0.1) is 22.7 Å². The van der Waals surface area contributed by atoms with Crippen LogP contribution in [0.4, 0.5) is 5.82 Å². The highest BCUT2D eigenvalue weighted by Gasteiger charge is 2.22. The molecule has 9 rings (SSSR count). The van der Waals surface area contributed by atoms with Gasteiger partial charge >= 0.3 is 0 Å². The number of aryl methyl sites for hydroxylation is 2. The highest BCUT2D eigenvalue weighted by Crippen LogP contribution is 2.42. The van der Waals surface area contributed by atoms with Crippen LogP contribution in [-0.4, -0.2) is 84.5 Å². The van der Waals surface area contributed by atoms with E-state index in [1.54, 1.807) is 39.8 Å². The second kappa shape index (κ2) is 17.2. The third-order valence-electron chi connectivity index (χ3n) is 9.63. The molecule has 0 spiro atoms. The van der Waals surface area contributed by atoms with Crippen molar-refractivity contribution in [1.82, 2.24) is 35.2 Å². The first kappa shape index (κ1) is 41.3. The van der Waals surface area contributed by atoms with E-state index < -0.39 is 0 Å². The van der Waals surface area contributed by atoms with E-state index in [9.17, 15) is 0 Å². The number of hydrogen-bond acceptors (Lipinski definition) is 14. The molecule has 0 atom stereocenters. The van der Waals surface area contributed by atoms with Gasteiger partial charge in [0.25, 0.3) is 0 Å². The Hall–Kier alpha value is -4.83. The summed E-state index contributed by atoms with van der Waals surface area (Å²) in [6.07, 6.45) is 0. The minimum absolute atomic E-state index is 0. The third-order valence-corrected chi connectivity index (χ3v) is 12.5. The number of nitrogens with one attached hydrogen (secondary N) is 1. The monoisotopic (exact) mass is 876 g/mol. The smallest absolute Gasteiger partial charge is 0.224 e. The quantitative estimate of drug-likeness (QED) is 0.121. The standard InChI is InChI=1S/C22H22ClN5O2S.C18H13Cl2N3O2S.CH4/c1-12-10-14(13-4-5-15(29-2)16(11-13)30-3)25-21-17(12)18-19(31-21)20(27-22(23)26-18)28-8-6-24-7-9-28;1-8-6-10(9-4-5-11(24-2)12(7-9)25-3)21-17-13(8)14-15(26-17)16(19)23-18(20)22-14;/h4-5,10-11,24H,6-9H2,1-3H3;4-7H,1-3H3;1H4. The fraction of sp³-hybridized carbons (Fsp3) is 0.268. The topological polar surface area (TPSA) is 130 Å². The van der Waals surface area contributed by atoms with Crippen molar-refractivity contribution in [2.45, 2.75) is 21.3 Å². The molecule has 1 N–H and O–H groups in total. The number of thiophene rings is 2. The lowest BCUT2D eigenvalue weighted by Crippen LogP contribution is -2.44. The summed E-state index contributed by atoms with van der Waals surface area (Å²) in [5.41, 5.74) is 7.35. The maximum atomic E-state index is 6.34. The van der Waals surface area contributed by atoms with Crippen molar-refractivity contribution in [3.8, 4) is 45.5 Å². The molecule has 1 fully saturated rings. The molecule has 0 aliphatic carbocycles. The van der Waals surface area contributed by atoms with Crippen LogP contribution in [0.15, 0.2) is 48.5 Å². The molecule has 0 bridgehead atoms. The fourth-order valence-electron chi connectivity index (χ4n) is 6.91. The number of hydrogen-bond donors (Lipinski definition) is 1. The number of pyridine rings is 2. The molecule has 17 heteroatoms. The van der Waals surface area contributed by atoms with E-state index in [0.29, 0.717) is 28.2 Å². The van der Waals surface area contributed by atoms with Gasteiger partial charge in [-0.2, -0.15) is 4.98 Å². The van der Waals surface area contributed by atoms with E-state index in [4.69, 9.17) is 63.7 Å². The van der Waals surface area contributed by atoms with Crippen molar-refractivity contribution in [2.24, 2.45) is 0 Å². The van der Waals surface area contributed by atoms with Crippen molar-refractivity contribution in [3.63, 3.8) is 0 Å². The minimum Gasteiger partial charge on any atom is -0.493 e. The zero-order valence-corrected chi connectivity index (χ0v) is 35.6. The number of rotatable bonds is 7. The summed E-state index contributed by atoms with van der Waals surface area (Å²) in [7, 11) is 6.49. The van der Waals surface area contributed by atoms with Crippen LogP contribution in [0.5, 0.6) is 23.0 Å². The Labute approximate surface area is 358 Å². The van der Waals surface area contributed by atoms with E-state index in [2.05, 4.69) is 43.1 Å². The van der Waals surface area contributed by atoms with Gasteiger partial charge in [-0.1, -0.05) is 19.0 Å². The molecule has 0 saturated carbocycles. The number of methoxy groups -OCH3 is 4. The highest BCUT2D eigenvalue weighted by molar-refractivity contribution is 7.26. The van der Waals surface area contributed by atoms with E-state index in [1.807, 2.05) is 49.4 Å². The van der Waals surface area contributed by atoms with E-state index >= 15 is 0 Å². The molecule has 1 saturated heterocycles. The summed E-state index contributed by atoms with van der Waals surface area (Å²) in [4.78, 5) is 31.3. The lowest BCUT2D eigenvalue weighted by molar-refractivity contribution is 0.355. The van der Waals surface area contributed by atoms with Crippen LogP contribution in [0, 0.1) is 13.8 Å². The molecule has 1 aliphatic heterocycles. The van der Waals surface area contributed by atoms with Gasteiger partial charge < -0.3 is 29.2 Å². The SMILES string of the molecule is C.COc1ccc(-c2cc(C)c3c(n2)sc2c(Cl)nc(Cl)nc23)cc1OC.COc1ccc(-c2cc(C)c3c(n2)sc2c(N4CCNCC4)nc(Cl)nc23)cc1OC. The van der Waals surface area contributed by atoms with Crippen molar-refractivity contribution < 1.29 is 18.9 Å². The zero-order valence-electron chi connectivity index (χ0n) is 31.7. The van der Waals surface area contributed by atoms with Gasteiger partial charge in [-0.25, -0.2) is 24.9 Å². The molecule has 300 valence electrons.